The second kappa shape index (κ2) is 8.07. The molecule has 1 aliphatic rings. The van der Waals surface area contributed by atoms with Gasteiger partial charge in [-0.2, -0.15) is 0 Å². The summed E-state index contributed by atoms with van der Waals surface area (Å²) in [6, 6.07) is 15.2. The molecule has 0 aromatic heterocycles. The average Bonchev–Trinajstić information content (AvgIpc) is 2.65. The lowest BCUT2D eigenvalue weighted by Crippen LogP contribution is -2.30. The molecule has 0 saturated heterocycles. The van der Waals surface area contributed by atoms with Crippen LogP contribution in [0.25, 0.3) is 6.08 Å². The van der Waals surface area contributed by atoms with Crippen molar-refractivity contribution >= 4 is 12.0 Å². The highest BCUT2D eigenvalue weighted by molar-refractivity contribution is 5.73. The Balaban J connectivity index is 1.96. The Morgan fingerprint density at radius 1 is 1.14 bits per heavy atom. The molecule has 148 valence electrons. The van der Waals surface area contributed by atoms with E-state index in [-0.39, 0.29) is 6.42 Å². The molecule has 28 heavy (non-hydrogen) atoms. The van der Waals surface area contributed by atoms with Gasteiger partial charge in [0.2, 0.25) is 0 Å². The van der Waals surface area contributed by atoms with Gasteiger partial charge in [0.05, 0.1) is 19.6 Å². The van der Waals surface area contributed by atoms with Gasteiger partial charge in [-0.1, -0.05) is 42.5 Å². The lowest BCUT2D eigenvalue weighted by Gasteiger charge is -2.31. The fourth-order valence-corrected chi connectivity index (χ4v) is 3.19. The molecule has 2 atom stereocenters. The molecule has 0 unspecified atom stereocenters. The normalized spacial score (nSPS) is 17.0. The number of carbonyl (C=O) groups is 1. The van der Waals surface area contributed by atoms with E-state index in [0.717, 1.165) is 11.1 Å². The van der Waals surface area contributed by atoms with Crippen molar-refractivity contribution in [2.75, 3.05) is 7.11 Å². The topological polar surface area (TPSA) is 65.0 Å². The van der Waals surface area contributed by atoms with Crippen LogP contribution in [0.4, 0.5) is 0 Å². The van der Waals surface area contributed by atoms with Crippen molar-refractivity contribution in [3.05, 3.63) is 65.2 Å². The molecule has 3 rings (SSSR count). The number of fused-ring (bicyclic) bond motifs is 1. The van der Waals surface area contributed by atoms with Gasteiger partial charge in [-0.3, -0.25) is 4.79 Å². The van der Waals surface area contributed by atoms with Crippen LogP contribution < -0.4 is 9.47 Å². The van der Waals surface area contributed by atoms with Crippen LogP contribution in [0, 0.1) is 0 Å². The molecule has 0 saturated carbocycles. The number of para-hydroxylation sites is 1. The van der Waals surface area contributed by atoms with Crippen molar-refractivity contribution in [2.45, 2.75) is 45.0 Å². The highest BCUT2D eigenvalue weighted by Crippen LogP contribution is 2.43. The first-order valence-electron chi connectivity index (χ1n) is 9.28. The first kappa shape index (κ1) is 20.0. The van der Waals surface area contributed by atoms with Gasteiger partial charge >= 0.3 is 5.97 Å². The highest BCUT2D eigenvalue weighted by Gasteiger charge is 2.32. The first-order valence-corrected chi connectivity index (χ1v) is 9.28. The fourth-order valence-electron chi connectivity index (χ4n) is 3.19. The molecule has 1 aliphatic heterocycles. The summed E-state index contributed by atoms with van der Waals surface area (Å²) in [6.45, 7) is 5.40. The number of esters is 1. The van der Waals surface area contributed by atoms with Crippen molar-refractivity contribution in [3.8, 4) is 11.5 Å². The number of rotatable bonds is 5. The van der Waals surface area contributed by atoms with Crippen molar-refractivity contribution in [1.29, 1.82) is 0 Å². The van der Waals surface area contributed by atoms with Crippen molar-refractivity contribution in [3.63, 3.8) is 0 Å². The SMILES string of the molecule is COc1cccc2c1O[C@H](c1ccccc1)C([C@H](O)CC(=O)OC(C)(C)C)=C2. The minimum absolute atomic E-state index is 0.144. The molecular formula is C23H26O5. The lowest BCUT2D eigenvalue weighted by molar-refractivity contribution is -0.156. The van der Waals surface area contributed by atoms with E-state index in [2.05, 4.69) is 0 Å². The molecule has 5 nitrogen and oxygen atoms in total. The van der Waals surface area contributed by atoms with Crippen LogP contribution in [0.3, 0.4) is 0 Å². The van der Waals surface area contributed by atoms with Crippen molar-refractivity contribution < 1.29 is 24.1 Å². The van der Waals surface area contributed by atoms with E-state index >= 15 is 0 Å². The lowest BCUT2D eigenvalue weighted by atomic mass is 9.91. The van der Waals surface area contributed by atoms with E-state index in [1.165, 1.54) is 0 Å². The minimum Gasteiger partial charge on any atom is -0.493 e. The summed E-state index contributed by atoms with van der Waals surface area (Å²) in [5.74, 6) is 0.784. The monoisotopic (exact) mass is 382 g/mol. The van der Waals surface area contributed by atoms with Crippen LogP contribution in [0.1, 0.15) is 44.4 Å². The number of benzene rings is 2. The molecule has 0 amide bonds. The molecule has 1 N–H and O–H groups in total. The summed E-state index contributed by atoms with van der Waals surface area (Å²) in [4.78, 5) is 12.2. The Bertz CT molecular complexity index is 864. The van der Waals surface area contributed by atoms with E-state index in [1.807, 2.05) is 54.6 Å². The molecular weight excluding hydrogens is 356 g/mol. The van der Waals surface area contributed by atoms with Crippen molar-refractivity contribution in [2.24, 2.45) is 0 Å². The number of aliphatic hydroxyl groups is 1. The molecule has 0 radical (unpaired) electrons. The molecule has 2 aromatic rings. The summed E-state index contributed by atoms with van der Waals surface area (Å²) in [6.07, 6.45) is 0.172. The Labute approximate surface area is 165 Å². The van der Waals surface area contributed by atoms with Crippen molar-refractivity contribution in [1.82, 2.24) is 0 Å². The quantitative estimate of drug-likeness (QED) is 0.781. The second-order valence-electron chi connectivity index (χ2n) is 7.74. The Morgan fingerprint density at radius 3 is 2.50 bits per heavy atom. The molecule has 0 bridgehead atoms. The molecule has 0 spiro atoms. The zero-order valence-corrected chi connectivity index (χ0v) is 16.6. The predicted molar refractivity (Wildman–Crippen MR) is 107 cm³/mol. The number of hydrogen-bond acceptors (Lipinski definition) is 5. The third-order valence-corrected chi connectivity index (χ3v) is 4.36. The summed E-state index contributed by atoms with van der Waals surface area (Å²) < 4.78 is 17.0. The minimum atomic E-state index is -1.03. The number of carbonyl (C=O) groups excluding carboxylic acids is 1. The van der Waals surface area contributed by atoms with Gasteiger partial charge in [0.1, 0.15) is 11.7 Å². The zero-order valence-electron chi connectivity index (χ0n) is 16.6. The Morgan fingerprint density at radius 2 is 1.86 bits per heavy atom. The van der Waals surface area contributed by atoms with Gasteiger partial charge in [-0.05, 0) is 38.5 Å². The van der Waals surface area contributed by atoms with E-state index in [4.69, 9.17) is 14.2 Å². The first-order chi connectivity index (χ1) is 13.3. The third kappa shape index (κ3) is 4.54. The maximum Gasteiger partial charge on any atom is 0.309 e. The molecule has 0 fully saturated rings. The Kier molecular flexibility index (Phi) is 5.75. The largest absolute Gasteiger partial charge is 0.493 e. The van der Waals surface area contributed by atoms with E-state index in [1.54, 1.807) is 27.9 Å². The second-order valence-corrected chi connectivity index (χ2v) is 7.74. The molecule has 5 heteroatoms. The third-order valence-electron chi connectivity index (χ3n) is 4.36. The van der Waals surface area contributed by atoms with Gasteiger partial charge in [0.25, 0.3) is 0 Å². The number of hydrogen-bond donors (Lipinski definition) is 1. The molecule has 1 heterocycles. The Hall–Kier alpha value is -2.79. The standard InChI is InChI=1S/C23H26O5/c1-23(2,3)28-20(25)14-18(24)17-13-16-11-8-12-19(26-4)22(16)27-21(17)15-9-6-5-7-10-15/h5-13,18,21,24H,14H2,1-4H3/t18-,21-/m1/s1. The summed E-state index contributed by atoms with van der Waals surface area (Å²) in [7, 11) is 1.59. The van der Waals surface area contributed by atoms with Crippen LogP contribution >= 0.6 is 0 Å². The smallest absolute Gasteiger partial charge is 0.309 e. The number of methoxy groups -OCH3 is 1. The van der Waals surface area contributed by atoms with Gasteiger partial charge in [-0.15, -0.1) is 0 Å². The van der Waals surface area contributed by atoms with Gasteiger partial charge in [0.15, 0.2) is 11.5 Å². The van der Waals surface area contributed by atoms with Crippen LogP contribution in [0.15, 0.2) is 54.1 Å². The maximum absolute atomic E-state index is 12.2. The van der Waals surface area contributed by atoms with Crippen LogP contribution in [0.5, 0.6) is 11.5 Å². The van der Waals surface area contributed by atoms with Gasteiger partial charge in [0, 0.05) is 11.1 Å². The molecule has 0 aliphatic carbocycles. The number of ether oxygens (including phenoxy) is 3. The van der Waals surface area contributed by atoms with Gasteiger partial charge in [-0.25, -0.2) is 0 Å². The summed E-state index contributed by atoms with van der Waals surface area (Å²) in [5.41, 5.74) is 1.68. The fraction of sp³-hybridized carbons (Fsp3) is 0.348. The summed E-state index contributed by atoms with van der Waals surface area (Å²) in [5, 5.41) is 10.8. The maximum atomic E-state index is 12.2. The van der Waals surface area contributed by atoms with E-state index < -0.39 is 23.8 Å². The van der Waals surface area contributed by atoms with E-state index in [0.29, 0.717) is 17.1 Å². The highest BCUT2D eigenvalue weighted by atomic mass is 16.6. The molecule has 2 aromatic carbocycles. The van der Waals surface area contributed by atoms with Crippen LogP contribution in [-0.2, 0) is 9.53 Å². The van der Waals surface area contributed by atoms with Crippen LogP contribution in [-0.4, -0.2) is 29.9 Å². The summed E-state index contributed by atoms with van der Waals surface area (Å²) >= 11 is 0. The zero-order chi connectivity index (χ0) is 20.3. The van der Waals surface area contributed by atoms with Crippen LogP contribution in [0.2, 0.25) is 0 Å². The van der Waals surface area contributed by atoms with Gasteiger partial charge < -0.3 is 19.3 Å². The number of aliphatic hydroxyl groups excluding tert-OH is 1. The van der Waals surface area contributed by atoms with E-state index in [9.17, 15) is 9.90 Å². The predicted octanol–water partition coefficient (Wildman–Crippen LogP) is 4.31. The average molecular weight is 382 g/mol.